The summed E-state index contributed by atoms with van der Waals surface area (Å²) in [6.07, 6.45) is 1.26. The van der Waals surface area contributed by atoms with Gasteiger partial charge in [-0.2, -0.15) is 0 Å². The van der Waals surface area contributed by atoms with E-state index in [1.165, 1.54) is 5.56 Å². The number of hydrogen-bond acceptors (Lipinski definition) is 3. The molecule has 0 aliphatic heterocycles. The molecule has 0 saturated heterocycles. The van der Waals surface area contributed by atoms with Gasteiger partial charge in [-0.15, -0.1) is 0 Å². The minimum Gasteiger partial charge on any atom is -0.369 e. The third kappa shape index (κ3) is 6.24. The van der Waals surface area contributed by atoms with Crippen LogP contribution in [0, 0.1) is 0 Å². The van der Waals surface area contributed by atoms with Gasteiger partial charge < -0.3 is 15.5 Å². The third-order valence-corrected chi connectivity index (χ3v) is 4.00. The molecule has 0 spiro atoms. The molecule has 0 aliphatic rings. The van der Waals surface area contributed by atoms with E-state index in [2.05, 4.69) is 27.7 Å². The lowest BCUT2D eigenvalue weighted by atomic mass is 10.2. The highest BCUT2D eigenvalue weighted by atomic mass is 16.2. The fraction of sp³-hybridized carbons (Fsp3) is 0.333. The number of carbonyl (C=O) groups excluding carboxylic acids is 2. The quantitative estimate of drug-likeness (QED) is 0.724. The standard InChI is InChI=1S/C21H27N3O2/c1-3-15-22-20(25)13-14-21(26)23-18-11-7-8-12-19(18)24(2)16-17-9-5-4-6-10-17/h4-12H,3,13-16H2,1-2H3,(H,22,25)(H,23,26). The predicted molar refractivity (Wildman–Crippen MR) is 106 cm³/mol. The monoisotopic (exact) mass is 353 g/mol. The van der Waals surface area contributed by atoms with Crippen LogP contribution in [0.4, 0.5) is 11.4 Å². The zero-order valence-corrected chi connectivity index (χ0v) is 15.5. The predicted octanol–water partition coefficient (Wildman–Crippen LogP) is 3.57. The van der Waals surface area contributed by atoms with Gasteiger partial charge in [-0.3, -0.25) is 9.59 Å². The molecule has 0 bridgehead atoms. The molecule has 0 fully saturated rings. The Balaban J connectivity index is 1.95. The molecule has 26 heavy (non-hydrogen) atoms. The Morgan fingerprint density at radius 3 is 2.31 bits per heavy atom. The number of para-hydroxylation sites is 2. The van der Waals surface area contributed by atoms with Crippen LogP contribution in [0.3, 0.4) is 0 Å². The van der Waals surface area contributed by atoms with Gasteiger partial charge in [0.2, 0.25) is 11.8 Å². The highest BCUT2D eigenvalue weighted by Crippen LogP contribution is 2.26. The van der Waals surface area contributed by atoms with E-state index in [9.17, 15) is 9.59 Å². The molecule has 2 amide bonds. The molecular weight excluding hydrogens is 326 g/mol. The van der Waals surface area contributed by atoms with Crippen molar-refractivity contribution < 1.29 is 9.59 Å². The largest absolute Gasteiger partial charge is 0.369 e. The van der Waals surface area contributed by atoms with Gasteiger partial charge in [0, 0.05) is 33.0 Å². The second kappa shape index (κ2) is 10.2. The molecule has 2 N–H and O–H groups in total. The molecule has 0 unspecified atom stereocenters. The van der Waals surface area contributed by atoms with Crippen LogP contribution in [0.5, 0.6) is 0 Å². The van der Waals surface area contributed by atoms with Gasteiger partial charge in [-0.05, 0) is 24.1 Å². The molecule has 0 heterocycles. The Kier molecular flexibility index (Phi) is 7.68. The maximum absolute atomic E-state index is 12.2. The minimum absolute atomic E-state index is 0.0866. The molecule has 0 atom stereocenters. The van der Waals surface area contributed by atoms with Gasteiger partial charge in [0.1, 0.15) is 0 Å². The van der Waals surface area contributed by atoms with Gasteiger partial charge in [-0.1, -0.05) is 49.4 Å². The van der Waals surface area contributed by atoms with E-state index in [4.69, 9.17) is 0 Å². The van der Waals surface area contributed by atoms with Crippen molar-refractivity contribution in [2.75, 3.05) is 23.8 Å². The maximum Gasteiger partial charge on any atom is 0.224 e. The fourth-order valence-electron chi connectivity index (χ4n) is 2.65. The molecule has 2 aromatic rings. The van der Waals surface area contributed by atoms with Crippen molar-refractivity contribution in [1.82, 2.24) is 5.32 Å². The van der Waals surface area contributed by atoms with Crippen LogP contribution in [0.1, 0.15) is 31.7 Å². The van der Waals surface area contributed by atoms with E-state index in [0.717, 1.165) is 24.3 Å². The Morgan fingerprint density at radius 2 is 1.58 bits per heavy atom. The van der Waals surface area contributed by atoms with Crippen LogP contribution in [0.15, 0.2) is 54.6 Å². The Bertz CT molecular complexity index is 716. The van der Waals surface area contributed by atoms with Gasteiger partial charge in [0.05, 0.1) is 11.4 Å². The zero-order chi connectivity index (χ0) is 18.8. The normalized spacial score (nSPS) is 10.2. The van der Waals surface area contributed by atoms with Gasteiger partial charge in [0.15, 0.2) is 0 Å². The Labute approximate surface area is 155 Å². The van der Waals surface area contributed by atoms with Gasteiger partial charge >= 0.3 is 0 Å². The van der Waals surface area contributed by atoms with Crippen LogP contribution in [-0.4, -0.2) is 25.4 Å². The lowest BCUT2D eigenvalue weighted by Gasteiger charge is -2.22. The molecule has 0 saturated carbocycles. The maximum atomic E-state index is 12.2. The third-order valence-electron chi connectivity index (χ3n) is 4.00. The summed E-state index contributed by atoms with van der Waals surface area (Å²) < 4.78 is 0. The topological polar surface area (TPSA) is 61.4 Å². The van der Waals surface area contributed by atoms with E-state index < -0.39 is 0 Å². The van der Waals surface area contributed by atoms with Crippen molar-refractivity contribution in [3.8, 4) is 0 Å². The van der Waals surface area contributed by atoms with Crippen molar-refractivity contribution >= 4 is 23.2 Å². The van der Waals surface area contributed by atoms with E-state index in [1.807, 2.05) is 56.4 Å². The van der Waals surface area contributed by atoms with Crippen LogP contribution in [0.25, 0.3) is 0 Å². The number of nitrogens with one attached hydrogen (secondary N) is 2. The van der Waals surface area contributed by atoms with Crippen LogP contribution in [0.2, 0.25) is 0 Å². The molecule has 0 radical (unpaired) electrons. The lowest BCUT2D eigenvalue weighted by molar-refractivity contribution is -0.124. The Morgan fingerprint density at radius 1 is 0.923 bits per heavy atom. The number of amides is 2. The van der Waals surface area contributed by atoms with Crippen LogP contribution < -0.4 is 15.5 Å². The van der Waals surface area contributed by atoms with Crippen LogP contribution >= 0.6 is 0 Å². The molecular formula is C21H27N3O2. The summed E-state index contributed by atoms with van der Waals surface area (Å²) in [6.45, 7) is 3.39. The number of carbonyl (C=O) groups is 2. The second-order valence-corrected chi connectivity index (χ2v) is 6.26. The van der Waals surface area contributed by atoms with Crippen molar-refractivity contribution in [1.29, 1.82) is 0 Å². The number of rotatable bonds is 9. The average molecular weight is 353 g/mol. The number of benzene rings is 2. The van der Waals surface area contributed by atoms with Crippen molar-refractivity contribution in [2.24, 2.45) is 0 Å². The number of nitrogens with zero attached hydrogens (tertiary/aromatic N) is 1. The van der Waals surface area contributed by atoms with Crippen LogP contribution in [-0.2, 0) is 16.1 Å². The highest BCUT2D eigenvalue weighted by molar-refractivity contribution is 5.96. The Hall–Kier alpha value is -2.82. The summed E-state index contributed by atoms with van der Waals surface area (Å²) in [5, 5.41) is 5.71. The summed E-state index contributed by atoms with van der Waals surface area (Å²) >= 11 is 0. The summed E-state index contributed by atoms with van der Waals surface area (Å²) in [4.78, 5) is 25.9. The lowest BCUT2D eigenvalue weighted by Crippen LogP contribution is -2.25. The molecule has 0 aliphatic carbocycles. The summed E-state index contributed by atoms with van der Waals surface area (Å²) in [5.41, 5.74) is 2.90. The molecule has 138 valence electrons. The number of hydrogen-bond donors (Lipinski definition) is 2. The molecule has 2 rings (SSSR count). The molecule has 5 nitrogen and oxygen atoms in total. The summed E-state index contributed by atoms with van der Waals surface area (Å²) in [6, 6.07) is 17.9. The first-order valence-corrected chi connectivity index (χ1v) is 9.00. The molecule has 5 heteroatoms. The molecule has 2 aromatic carbocycles. The van der Waals surface area contributed by atoms with Crippen molar-refractivity contribution in [3.05, 3.63) is 60.2 Å². The first-order chi connectivity index (χ1) is 12.6. The second-order valence-electron chi connectivity index (χ2n) is 6.26. The average Bonchev–Trinajstić information content (AvgIpc) is 2.66. The smallest absolute Gasteiger partial charge is 0.224 e. The first kappa shape index (κ1) is 19.5. The zero-order valence-electron chi connectivity index (χ0n) is 15.5. The minimum atomic E-state index is -0.155. The first-order valence-electron chi connectivity index (χ1n) is 9.00. The summed E-state index contributed by atoms with van der Waals surface area (Å²) in [7, 11) is 2.00. The SMILES string of the molecule is CCCNC(=O)CCC(=O)Nc1ccccc1N(C)Cc1ccccc1. The van der Waals surface area contributed by atoms with Gasteiger partial charge in [0.25, 0.3) is 0 Å². The summed E-state index contributed by atoms with van der Waals surface area (Å²) in [5.74, 6) is -0.242. The highest BCUT2D eigenvalue weighted by Gasteiger charge is 2.11. The fourth-order valence-corrected chi connectivity index (χ4v) is 2.65. The van der Waals surface area contributed by atoms with E-state index in [1.54, 1.807) is 0 Å². The van der Waals surface area contributed by atoms with Crippen molar-refractivity contribution in [3.63, 3.8) is 0 Å². The van der Waals surface area contributed by atoms with E-state index in [0.29, 0.717) is 6.54 Å². The van der Waals surface area contributed by atoms with Crippen molar-refractivity contribution in [2.45, 2.75) is 32.7 Å². The number of anilines is 2. The van der Waals surface area contributed by atoms with E-state index >= 15 is 0 Å². The molecule has 0 aromatic heterocycles. The van der Waals surface area contributed by atoms with E-state index in [-0.39, 0.29) is 24.7 Å². The van der Waals surface area contributed by atoms with Gasteiger partial charge in [-0.25, -0.2) is 0 Å².